The number of halogens is 1. The first-order chi connectivity index (χ1) is 19.6. The molecule has 2 N–H and O–H groups in total. The second kappa shape index (κ2) is 12.2. The Morgan fingerprint density at radius 2 is 2.05 bits per heavy atom. The van der Waals surface area contributed by atoms with Crippen molar-refractivity contribution in [2.45, 2.75) is 56.5 Å². The maximum absolute atomic E-state index is 13.1. The van der Waals surface area contributed by atoms with Crippen LogP contribution in [0.5, 0.6) is 5.75 Å². The van der Waals surface area contributed by atoms with Crippen LogP contribution in [0, 0.1) is 11.8 Å². The number of carbonyl (C=O) groups is 1. The summed E-state index contributed by atoms with van der Waals surface area (Å²) in [5, 5.41) is 11.5. The molecule has 2 aliphatic carbocycles. The van der Waals surface area contributed by atoms with Crippen LogP contribution in [-0.4, -0.2) is 51.0 Å². The lowest BCUT2D eigenvalue weighted by atomic mass is 9.68. The molecule has 9 heteroatoms. The van der Waals surface area contributed by atoms with Gasteiger partial charge in [0.25, 0.3) is 5.91 Å². The Bertz CT molecular complexity index is 1430. The second-order valence-electron chi connectivity index (χ2n) is 11.7. The van der Waals surface area contributed by atoms with Gasteiger partial charge in [-0.1, -0.05) is 29.8 Å². The number of nitrogens with one attached hydrogen (secondary N) is 1. The van der Waals surface area contributed by atoms with E-state index in [1.54, 1.807) is 24.3 Å². The van der Waals surface area contributed by atoms with Gasteiger partial charge in [0.05, 0.1) is 24.2 Å². The number of rotatable bonds is 10. The molecule has 2 aromatic rings. The monoisotopic (exact) mass is 598 g/mol. The third kappa shape index (κ3) is 6.35. The van der Waals surface area contributed by atoms with Gasteiger partial charge >= 0.3 is 0 Å². The Labute approximate surface area is 248 Å². The lowest BCUT2D eigenvalue weighted by Gasteiger charge is -2.45. The van der Waals surface area contributed by atoms with Gasteiger partial charge in [0.1, 0.15) is 5.75 Å². The normalized spacial score (nSPS) is 24.2. The molecule has 1 spiro atoms. The van der Waals surface area contributed by atoms with E-state index in [4.69, 9.17) is 16.3 Å². The van der Waals surface area contributed by atoms with Crippen molar-refractivity contribution in [1.29, 1.82) is 0 Å². The van der Waals surface area contributed by atoms with E-state index < -0.39 is 22.0 Å². The van der Waals surface area contributed by atoms with Crippen molar-refractivity contribution >= 4 is 33.2 Å². The van der Waals surface area contributed by atoms with E-state index in [-0.39, 0.29) is 35.0 Å². The Hall–Kier alpha value is -2.81. The number of amides is 1. The van der Waals surface area contributed by atoms with E-state index >= 15 is 0 Å². The van der Waals surface area contributed by atoms with Crippen molar-refractivity contribution in [2.75, 3.05) is 30.3 Å². The fraction of sp³-hybridized carbons (Fsp3) is 0.469. The summed E-state index contributed by atoms with van der Waals surface area (Å²) in [5.41, 5.74) is 3.23. The minimum absolute atomic E-state index is 0.176. The Morgan fingerprint density at radius 1 is 1.22 bits per heavy atom. The lowest BCUT2D eigenvalue weighted by Crippen LogP contribution is -2.49. The van der Waals surface area contributed by atoms with Crippen molar-refractivity contribution < 1.29 is 23.1 Å². The number of sulfonamides is 1. The molecule has 1 unspecified atom stereocenters. The van der Waals surface area contributed by atoms with Gasteiger partial charge in [-0.05, 0) is 98.2 Å². The third-order valence-corrected chi connectivity index (χ3v) is 10.5. The first-order valence-electron chi connectivity index (χ1n) is 14.4. The number of allylic oxidation sites excluding steroid dienone is 1. The van der Waals surface area contributed by atoms with E-state index in [1.807, 2.05) is 6.07 Å². The number of nitrogens with zero attached hydrogens (tertiary/aromatic N) is 1. The van der Waals surface area contributed by atoms with Gasteiger partial charge in [-0.3, -0.25) is 4.79 Å². The van der Waals surface area contributed by atoms with Crippen LogP contribution in [0.3, 0.4) is 0 Å². The number of carbonyl (C=O) groups excluding carboxylic acids is 1. The molecule has 3 aliphatic rings. The summed E-state index contributed by atoms with van der Waals surface area (Å²) < 4.78 is 33.5. The van der Waals surface area contributed by atoms with Crippen LogP contribution in [0.4, 0.5) is 5.69 Å². The van der Waals surface area contributed by atoms with Gasteiger partial charge in [0, 0.05) is 29.1 Å². The van der Waals surface area contributed by atoms with Crippen LogP contribution < -0.4 is 14.4 Å². The number of hydrogen-bond acceptors (Lipinski definition) is 6. The van der Waals surface area contributed by atoms with Crippen LogP contribution in [0.15, 0.2) is 61.7 Å². The quantitative estimate of drug-likeness (QED) is 0.355. The lowest BCUT2D eigenvalue weighted by molar-refractivity contribution is 0.0178. The standard InChI is InChI=1S/C32H39ClN2O5S/c1-3-5-16-41(38,39)34-31(37)23-10-14-30-28(18-23)35(19-24-9-12-26(24)29(36)7-4-2)20-32(21-40-30)15-6-8-22-17-25(33)11-13-27(22)32/h3-4,10-11,13-14,17-18,24,26,29,36H,1-2,5-9,12,15-16,19-21H2,(H,34,37)/t24-,26-,29?,32-/m0/s1. The number of ether oxygens (including phenoxy) is 1. The number of anilines is 1. The van der Waals surface area contributed by atoms with E-state index in [0.29, 0.717) is 31.9 Å². The van der Waals surface area contributed by atoms with Crippen LogP contribution in [0.25, 0.3) is 0 Å². The highest BCUT2D eigenvalue weighted by Crippen LogP contribution is 2.46. The van der Waals surface area contributed by atoms with E-state index in [1.165, 1.54) is 17.2 Å². The largest absolute Gasteiger partial charge is 0.490 e. The van der Waals surface area contributed by atoms with Crippen LogP contribution in [0.2, 0.25) is 5.02 Å². The summed E-state index contributed by atoms with van der Waals surface area (Å²) in [7, 11) is -3.79. The predicted molar refractivity (Wildman–Crippen MR) is 163 cm³/mol. The zero-order valence-corrected chi connectivity index (χ0v) is 24.9. The molecule has 0 bridgehead atoms. The van der Waals surface area contributed by atoms with Gasteiger partial charge < -0.3 is 14.7 Å². The summed E-state index contributed by atoms with van der Waals surface area (Å²) in [4.78, 5) is 15.4. The zero-order valence-electron chi connectivity index (χ0n) is 23.4. The summed E-state index contributed by atoms with van der Waals surface area (Å²) in [6, 6.07) is 11.3. The zero-order chi connectivity index (χ0) is 29.2. The maximum atomic E-state index is 13.1. The molecule has 1 aliphatic heterocycles. The Morgan fingerprint density at radius 3 is 2.78 bits per heavy atom. The molecule has 220 valence electrons. The number of aryl methyl sites for hydroxylation is 1. The number of aliphatic hydroxyl groups is 1. The summed E-state index contributed by atoms with van der Waals surface area (Å²) in [6.07, 6.45) is 8.56. The van der Waals surface area contributed by atoms with Gasteiger partial charge in [-0.25, -0.2) is 13.1 Å². The Kier molecular flexibility index (Phi) is 8.83. The molecule has 0 saturated heterocycles. The van der Waals surface area contributed by atoms with Crippen molar-refractivity contribution in [3.8, 4) is 5.75 Å². The van der Waals surface area contributed by atoms with E-state index in [9.17, 15) is 18.3 Å². The number of hydrogen-bond donors (Lipinski definition) is 2. The average Bonchev–Trinajstić information content (AvgIpc) is 3.06. The molecule has 0 aromatic heterocycles. The van der Waals surface area contributed by atoms with Crippen molar-refractivity contribution in [3.63, 3.8) is 0 Å². The van der Waals surface area contributed by atoms with E-state index in [2.05, 4.69) is 34.9 Å². The van der Waals surface area contributed by atoms with Gasteiger partial charge in [-0.2, -0.15) is 0 Å². The highest BCUT2D eigenvalue weighted by molar-refractivity contribution is 7.90. The first kappa shape index (κ1) is 29.7. The number of benzene rings is 2. The van der Waals surface area contributed by atoms with Crippen LogP contribution in [0.1, 0.15) is 60.0 Å². The fourth-order valence-electron chi connectivity index (χ4n) is 6.70. The van der Waals surface area contributed by atoms with E-state index in [0.717, 1.165) is 42.8 Å². The molecular formula is C32H39ClN2O5S. The minimum atomic E-state index is -3.79. The molecule has 7 nitrogen and oxygen atoms in total. The molecule has 2 aromatic carbocycles. The summed E-state index contributed by atoms with van der Waals surface area (Å²) >= 11 is 6.37. The summed E-state index contributed by atoms with van der Waals surface area (Å²) in [5.74, 6) is 0.242. The molecule has 0 radical (unpaired) electrons. The topological polar surface area (TPSA) is 95.9 Å². The maximum Gasteiger partial charge on any atom is 0.264 e. The predicted octanol–water partition coefficient (Wildman–Crippen LogP) is 5.41. The third-order valence-electron chi connectivity index (χ3n) is 8.97. The van der Waals surface area contributed by atoms with Gasteiger partial charge in [0.15, 0.2) is 0 Å². The molecule has 41 heavy (non-hydrogen) atoms. The number of aliphatic hydroxyl groups excluding tert-OH is 1. The molecule has 5 rings (SSSR count). The molecule has 1 fully saturated rings. The fourth-order valence-corrected chi connectivity index (χ4v) is 7.88. The van der Waals surface area contributed by atoms with Gasteiger partial charge in [-0.15, -0.1) is 13.2 Å². The van der Waals surface area contributed by atoms with Crippen molar-refractivity contribution in [3.05, 3.63) is 83.4 Å². The SMILES string of the molecule is C=CCCS(=O)(=O)NC(=O)c1ccc2c(c1)N(C[C@@H]1CC[C@@H]1C(O)CC=C)C[C@@]1(CCCc3cc(Cl)ccc31)CO2. The first-order valence-corrected chi connectivity index (χ1v) is 16.4. The van der Waals surface area contributed by atoms with Crippen LogP contribution in [-0.2, 0) is 21.9 Å². The molecule has 1 amide bonds. The highest BCUT2D eigenvalue weighted by atomic mass is 35.5. The summed E-state index contributed by atoms with van der Waals surface area (Å²) in [6.45, 7) is 9.22. The molecule has 1 saturated carbocycles. The Balaban J connectivity index is 1.49. The average molecular weight is 599 g/mol. The molecule has 4 atom stereocenters. The van der Waals surface area contributed by atoms with Crippen molar-refractivity contribution in [2.24, 2.45) is 11.8 Å². The molecular weight excluding hydrogens is 560 g/mol. The minimum Gasteiger partial charge on any atom is -0.490 e. The number of fused-ring (bicyclic) bond motifs is 3. The second-order valence-corrected chi connectivity index (χ2v) is 14.0. The van der Waals surface area contributed by atoms with Crippen LogP contribution >= 0.6 is 11.6 Å². The molecule has 1 heterocycles. The van der Waals surface area contributed by atoms with Gasteiger partial charge in [0.2, 0.25) is 10.0 Å². The smallest absolute Gasteiger partial charge is 0.264 e. The van der Waals surface area contributed by atoms with Crippen molar-refractivity contribution in [1.82, 2.24) is 4.72 Å². The highest BCUT2D eigenvalue weighted by Gasteiger charge is 2.44.